The van der Waals surface area contributed by atoms with Crippen molar-refractivity contribution in [2.24, 2.45) is 23.7 Å². The number of carbonyl (C=O) groups is 3. The molecule has 0 aromatic carbocycles. The molecule has 0 aromatic heterocycles. The van der Waals surface area contributed by atoms with Crippen LogP contribution in [-0.2, 0) is 19.1 Å². The van der Waals surface area contributed by atoms with E-state index < -0.39 is 29.4 Å². The third kappa shape index (κ3) is 4.51. The Hall–Kier alpha value is -1.89. The van der Waals surface area contributed by atoms with Crippen molar-refractivity contribution in [1.82, 2.24) is 10.2 Å². The molecule has 27 heavy (non-hydrogen) atoms. The van der Waals surface area contributed by atoms with Gasteiger partial charge in [-0.25, -0.2) is 0 Å². The van der Waals surface area contributed by atoms with E-state index in [1.54, 1.807) is 6.92 Å². The van der Waals surface area contributed by atoms with Crippen molar-refractivity contribution in [3.8, 4) is 0 Å². The minimum absolute atomic E-state index is 0.0692. The van der Waals surface area contributed by atoms with Crippen LogP contribution in [0.4, 0.5) is 0 Å². The van der Waals surface area contributed by atoms with Crippen LogP contribution in [0.1, 0.15) is 41.0 Å². The highest BCUT2D eigenvalue weighted by atomic mass is 16.5. The summed E-state index contributed by atoms with van der Waals surface area (Å²) in [5.74, 6) is -2.57. The number of hydrogen-bond donors (Lipinski definition) is 2. The molecule has 1 saturated heterocycles. The van der Waals surface area contributed by atoms with Crippen LogP contribution in [0, 0.1) is 23.7 Å². The molecule has 0 radical (unpaired) electrons. The van der Waals surface area contributed by atoms with Gasteiger partial charge < -0.3 is 20.1 Å². The van der Waals surface area contributed by atoms with Gasteiger partial charge in [0.2, 0.25) is 11.8 Å². The van der Waals surface area contributed by atoms with Crippen LogP contribution in [0.3, 0.4) is 0 Å². The summed E-state index contributed by atoms with van der Waals surface area (Å²) >= 11 is 0. The van der Waals surface area contributed by atoms with Gasteiger partial charge in [0, 0.05) is 24.6 Å². The van der Waals surface area contributed by atoms with Gasteiger partial charge in [-0.1, -0.05) is 19.1 Å². The Morgan fingerprint density at radius 2 is 1.96 bits per heavy atom. The van der Waals surface area contributed by atoms with E-state index in [1.807, 2.05) is 39.8 Å². The van der Waals surface area contributed by atoms with Crippen LogP contribution in [0.2, 0.25) is 0 Å². The third-order valence-electron chi connectivity index (χ3n) is 5.16. The molecule has 2 N–H and O–H groups in total. The fourth-order valence-corrected chi connectivity index (χ4v) is 4.12. The SMILES string of the molecule is CCOC(=O)[C@H]1[C@@H]2C(=O)N(CCCO)[C@H](C(=O)NC(C)(C)C)[C@H]2C=C[C@H]1C. The van der Waals surface area contributed by atoms with E-state index in [0.29, 0.717) is 6.42 Å². The Kier molecular flexibility index (Phi) is 6.68. The predicted octanol–water partition coefficient (Wildman–Crippen LogP) is 1.11. The van der Waals surface area contributed by atoms with Gasteiger partial charge in [0.05, 0.1) is 18.4 Å². The first-order valence-electron chi connectivity index (χ1n) is 9.70. The molecule has 2 aliphatic rings. The summed E-state index contributed by atoms with van der Waals surface area (Å²) < 4.78 is 5.22. The smallest absolute Gasteiger partial charge is 0.310 e. The molecular weight excluding hydrogens is 348 g/mol. The molecule has 1 fully saturated rings. The van der Waals surface area contributed by atoms with Crippen LogP contribution in [0.5, 0.6) is 0 Å². The monoisotopic (exact) mass is 380 g/mol. The normalized spacial score (nSPS) is 30.2. The highest BCUT2D eigenvalue weighted by Gasteiger charge is 2.57. The molecule has 2 rings (SSSR count). The van der Waals surface area contributed by atoms with Crippen LogP contribution in [0.15, 0.2) is 12.2 Å². The number of amides is 2. The van der Waals surface area contributed by atoms with Gasteiger partial charge in [-0.05, 0) is 40.0 Å². The maximum absolute atomic E-state index is 13.2. The Morgan fingerprint density at radius 3 is 2.52 bits per heavy atom. The predicted molar refractivity (Wildman–Crippen MR) is 101 cm³/mol. The van der Waals surface area contributed by atoms with Crippen molar-refractivity contribution >= 4 is 17.8 Å². The highest BCUT2D eigenvalue weighted by molar-refractivity contribution is 5.96. The fourth-order valence-electron chi connectivity index (χ4n) is 4.12. The summed E-state index contributed by atoms with van der Waals surface area (Å²) in [6, 6.07) is -0.686. The lowest BCUT2D eigenvalue weighted by atomic mass is 9.70. The molecule has 1 aliphatic heterocycles. The largest absolute Gasteiger partial charge is 0.466 e. The summed E-state index contributed by atoms with van der Waals surface area (Å²) in [7, 11) is 0. The molecule has 7 heteroatoms. The summed E-state index contributed by atoms with van der Waals surface area (Å²) in [5, 5.41) is 12.2. The average molecular weight is 380 g/mol. The molecule has 0 aromatic rings. The van der Waals surface area contributed by atoms with Gasteiger partial charge in [0.1, 0.15) is 6.04 Å². The summed E-state index contributed by atoms with van der Waals surface area (Å²) in [5.41, 5.74) is -0.437. The number of aliphatic hydroxyl groups excluding tert-OH is 1. The summed E-state index contributed by atoms with van der Waals surface area (Å²) in [6.07, 6.45) is 4.19. The number of aliphatic hydroxyl groups is 1. The number of allylic oxidation sites excluding steroid dienone is 1. The molecule has 0 spiro atoms. The number of carbonyl (C=O) groups excluding carboxylic acids is 3. The van der Waals surface area contributed by atoms with Crippen LogP contribution < -0.4 is 5.32 Å². The molecule has 1 heterocycles. The molecule has 0 unspecified atom stereocenters. The van der Waals surface area contributed by atoms with Gasteiger partial charge in [-0.15, -0.1) is 0 Å². The lowest BCUT2D eigenvalue weighted by Crippen LogP contribution is -2.52. The van der Waals surface area contributed by atoms with Crippen LogP contribution >= 0.6 is 0 Å². The zero-order valence-corrected chi connectivity index (χ0v) is 16.9. The lowest BCUT2D eigenvalue weighted by molar-refractivity contribution is -0.155. The quantitative estimate of drug-likeness (QED) is 0.532. The number of fused-ring (bicyclic) bond motifs is 1. The first-order valence-corrected chi connectivity index (χ1v) is 9.70. The summed E-state index contributed by atoms with van der Waals surface area (Å²) in [4.78, 5) is 40.3. The van der Waals surface area contributed by atoms with Crippen molar-refractivity contribution in [2.45, 2.75) is 52.6 Å². The standard InChI is InChI=1S/C20H32N2O5/c1-6-27-19(26)14-12(2)8-9-13-15(14)18(25)22(10-7-11-23)16(13)17(24)21-20(3,4)5/h8-9,12-16,23H,6-7,10-11H2,1-5H3,(H,21,24)/t12-,13+,14-,15-,16+/m1/s1. The lowest BCUT2D eigenvalue weighted by Gasteiger charge is -2.33. The molecule has 0 saturated carbocycles. The van der Waals surface area contributed by atoms with Crippen molar-refractivity contribution < 1.29 is 24.2 Å². The number of rotatable bonds is 6. The number of hydrogen-bond acceptors (Lipinski definition) is 5. The van der Waals surface area contributed by atoms with E-state index in [9.17, 15) is 19.5 Å². The maximum Gasteiger partial charge on any atom is 0.310 e. The van der Waals surface area contributed by atoms with Crippen molar-refractivity contribution in [1.29, 1.82) is 0 Å². The Bertz CT molecular complexity index is 610. The van der Waals surface area contributed by atoms with Crippen molar-refractivity contribution in [3.05, 3.63) is 12.2 Å². The Morgan fingerprint density at radius 1 is 1.30 bits per heavy atom. The minimum atomic E-state index is -0.686. The van der Waals surface area contributed by atoms with E-state index in [2.05, 4.69) is 5.32 Å². The molecule has 7 nitrogen and oxygen atoms in total. The van der Waals surface area contributed by atoms with Gasteiger partial charge in [0.25, 0.3) is 0 Å². The van der Waals surface area contributed by atoms with E-state index in [0.717, 1.165) is 0 Å². The number of likely N-dealkylation sites (tertiary alicyclic amines) is 1. The number of nitrogens with one attached hydrogen (secondary N) is 1. The van der Waals surface area contributed by atoms with Crippen molar-refractivity contribution in [3.63, 3.8) is 0 Å². The second kappa shape index (κ2) is 8.42. The number of ether oxygens (including phenoxy) is 1. The molecule has 2 amide bonds. The maximum atomic E-state index is 13.2. The zero-order valence-electron chi connectivity index (χ0n) is 16.9. The number of nitrogens with zero attached hydrogens (tertiary/aromatic N) is 1. The minimum Gasteiger partial charge on any atom is -0.466 e. The van der Waals surface area contributed by atoms with Gasteiger partial charge in [-0.2, -0.15) is 0 Å². The summed E-state index contributed by atoms with van der Waals surface area (Å²) in [6.45, 7) is 9.75. The van der Waals surface area contributed by atoms with Crippen molar-refractivity contribution in [2.75, 3.05) is 19.8 Å². The Labute approximate surface area is 161 Å². The molecule has 1 aliphatic carbocycles. The van der Waals surface area contributed by atoms with Crippen LogP contribution in [-0.4, -0.2) is 59.1 Å². The van der Waals surface area contributed by atoms with Gasteiger partial charge in [-0.3, -0.25) is 14.4 Å². The molecule has 0 bridgehead atoms. The van der Waals surface area contributed by atoms with E-state index in [-0.39, 0.29) is 43.4 Å². The highest BCUT2D eigenvalue weighted by Crippen LogP contribution is 2.44. The topological polar surface area (TPSA) is 95.9 Å². The molecule has 152 valence electrons. The van der Waals surface area contributed by atoms with Gasteiger partial charge in [0.15, 0.2) is 0 Å². The average Bonchev–Trinajstić information content (AvgIpc) is 2.84. The Balaban J connectivity index is 2.40. The molecular formula is C20H32N2O5. The second-order valence-corrected chi connectivity index (χ2v) is 8.42. The second-order valence-electron chi connectivity index (χ2n) is 8.42. The molecule has 5 atom stereocenters. The van der Waals surface area contributed by atoms with E-state index in [4.69, 9.17) is 4.74 Å². The zero-order chi connectivity index (χ0) is 20.4. The number of esters is 1. The first kappa shape index (κ1) is 21.4. The van der Waals surface area contributed by atoms with E-state index in [1.165, 1.54) is 4.90 Å². The third-order valence-corrected chi connectivity index (χ3v) is 5.16. The first-order chi connectivity index (χ1) is 12.6. The van der Waals surface area contributed by atoms with Gasteiger partial charge >= 0.3 is 5.97 Å². The van der Waals surface area contributed by atoms with E-state index >= 15 is 0 Å². The fraction of sp³-hybridized carbons (Fsp3) is 0.750. The van der Waals surface area contributed by atoms with Crippen LogP contribution in [0.25, 0.3) is 0 Å².